The Labute approximate surface area is 105 Å². The molecule has 1 unspecified atom stereocenters. The monoisotopic (exact) mass is 251 g/mol. The van der Waals surface area contributed by atoms with E-state index < -0.39 is 5.56 Å². The van der Waals surface area contributed by atoms with Gasteiger partial charge in [0.25, 0.3) is 11.5 Å². The summed E-state index contributed by atoms with van der Waals surface area (Å²) in [5.74, 6) is -0.147. The zero-order valence-corrected chi connectivity index (χ0v) is 10.6. The number of amides is 1. The van der Waals surface area contributed by atoms with Crippen molar-refractivity contribution in [1.29, 1.82) is 0 Å². The zero-order chi connectivity index (χ0) is 13.3. The Bertz CT molecular complexity index is 524. The van der Waals surface area contributed by atoms with Crippen molar-refractivity contribution < 1.29 is 9.90 Å². The molecule has 1 fully saturated rings. The van der Waals surface area contributed by atoms with Crippen LogP contribution in [0.4, 0.5) is 0 Å². The van der Waals surface area contributed by atoms with Crippen LogP contribution in [-0.4, -0.2) is 45.8 Å². The second kappa shape index (κ2) is 4.89. The number of likely N-dealkylation sites (tertiary alicyclic amines) is 1. The predicted molar refractivity (Wildman–Crippen MR) is 65.4 cm³/mol. The van der Waals surface area contributed by atoms with Gasteiger partial charge in [0, 0.05) is 25.6 Å². The molecule has 1 aromatic heterocycles. The molecule has 1 saturated heterocycles. The van der Waals surface area contributed by atoms with Gasteiger partial charge in [0.1, 0.15) is 5.56 Å². The minimum absolute atomic E-state index is 0.0779. The van der Waals surface area contributed by atoms with Crippen molar-refractivity contribution in [3.63, 3.8) is 0 Å². The van der Waals surface area contributed by atoms with Crippen molar-refractivity contribution in [2.24, 2.45) is 5.92 Å². The normalized spacial score (nSPS) is 19.3. The van der Waals surface area contributed by atoms with Crippen LogP contribution in [0.15, 0.2) is 4.79 Å². The SMILES string of the molecule is Cc1n[nH]c(=O)c(C(=O)N2CCC(CO)C2)c1C. The summed E-state index contributed by atoms with van der Waals surface area (Å²) in [7, 11) is 0. The third kappa shape index (κ3) is 2.15. The fraction of sp³-hybridized carbons (Fsp3) is 0.583. The molecular weight excluding hydrogens is 234 g/mol. The van der Waals surface area contributed by atoms with Crippen LogP contribution >= 0.6 is 0 Å². The van der Waals surface area contributed by atoms with Crippen LogP contribution in [0.3, 0.4) is 0 Å². The summed E-state index contributed by atoms with van der Waals surface area (Å²) in [4.78, 5) is 25.6. The number of hydrogen-bond acceptors (Lipinski definition) is 4. The van der Waals surface area contributed by atoms with Crippen molar-refractivity contribution in [3.8, 4) is 0 Å². The molecule has 2 rings (SSSR count). The number of aromatic amines is 1. The highest BCUT2D eigenvalue weighted by Gasteiger charge is 2.29. The van der Waals surface area contributed by atoms with Crippen molar-refractivity contribution in [2.45, 2.75) is 20.3 Å². The largest absolute Gasteiger partial charge is 0.396 e. The highest BCUT2D eigenvalue weighted by molar-refractivity contribution is 5.95. The Morgan fingerprint density at radius 1 is 1.56 bits per heavy atom. The highest BCUT2D eigenvalue weighted by Crippen LogP contribution is 2.18. The molecule has 1 atom stereocenters. The average molecular weight is 251 g/mol. The van der Waals surface area contributed by atoms with E-state index in [1.165, 1.54) is 0 Å². The first kappa shape index (κ1) is 12.8. The lowest BCUT2D eigenvalue weighted by Gasteiger charge is -2.17. The molecule has 1 aliphatic heterocycles. The van der Waals surface area contributed by atoms with Crippen LogP contribution in [-0.2, 0) is 0 Å². The van der Waals surface area contributed by atoms with Crippen LogP contribution in [0.2, 0.25) is 0 Å². The van der Waals surface area contributed by atoms with Gasteiger partial charge in [0.2, 0.25) is 0 Å². The number of aliphatic hydroxyl groups is 1. The van der Waals surface area contributed by atoms with Crippen LogP contribution in [0.25, 0.3) is 0 Å². The van der Waals surface area contributed by atoms with Gasteiger partial charge < -0.3 is 10.0 Å². The average Bonchev–Trinajstić information content (AvgIpc) is 2.83. The van der Waals surface area contributed by atoms with Crippen molar-refractivity contribution in [3.05, 3.63) is 27.2 Å². The molecule has 1 aromatic rings. The first-order valence-corrected chi connectivity index (χ1v) is 6.00. The molecule has 6 nitrogen and oxygen atoms in total. The molecule has 6 heteroatoms. The third-order valence-electron chi connectivity index (χ3n) is 3.52. The maximum absolute atomic E-state index is 12.3. The van der Waals surface area contributed by atoms with Crippen LogP contribution < -0.4 is 5.56 Å². The highest BCUT2D eigenvalue weighted by atomic mass is 16.3. The van der Waals surface area contributed by atoms with Gasteiger partial charge >= 0.3 is 0 Å². The van der Waals surface area contributed by atoms with Gasteiger partial charge in [0.15, 0.2) is 0 Å². The summed E-state index contributed by atoms with van der Waals surface area (Å²) in [6.07, 6.45) is 0.781. The molecule has 0 aromatic carbocycles. The lowest BCUT2D eigenvalue weighted by molar-refractivity contribution is 0.0779. The van der Waals surface area contributed by atoms with Gasteiger partial charge in [-0.1, -0.05) is 0 Å². The number of aromatic nitrogens is 2. The van der Waals surface area contributed by atoms with Crippen molar-refractivity contribution in [1.82, 2.24) is 15.1 Å². The van der Waals surface area contributed by atoms with Gasteiger partial charge in [-0.05, 0) is 25.8 Å². The minimum Gasteiger partial charge on any atom is -0.396 e. The zero-order valence-electron chi connectivity index (χ0n) is 10.6. The van der Waals surface area contributed by atoms with Gasteiger partial charge in [0.05, 0.1) is 5.69 Å². The smallest absolute Gasteiger partial charge is 0.277 e. The molecule has 0 aliphatic carbocycles. The summed E-state index contributed by atoms with van der Waals surface area (Å²) < 4.78 is 0. The van der Waals surface area contributed by atoms with E-state index in [-0.39, 0.29) is 24.0 Å². The van der Waals surface area contributed by atoms with Crippen LogP contribution in [0.5, 0.6) is 0 Å². The van der Waals surface area contributed by atoms with Gasteiger partial charge in [-0.3, -0.25) is 9.59 Å². The lowest BCUT2D eigenvalue weighted by atomic mass is 10.1. The quantitative estimate of drug-likeness (QED) is 0.764. The molecule has 2 N–H and O–H groups in total. The van der Waals surface area contributed by atoms with E-state index >= 15 is 0 Å². The molecular formula is C12H17N3O3. The summed E-state index contributed by atoms with van der Waals surface area (Å²) in [6.45, 7) is 4.65. The molecule has 0 radical (unpaired) electrons. The second-order valence-electron chi connectivity index (χ2n) is 4.73. The maximum Gasteiger partial charge on any atom is 0.277 e. The Kier molecular flexibility index (Phi) is 3.47. The summed E-state index contributed by atoms with van der Waals surface area (Å²) in [5, 5.41) is 15.2. The number of carbonyl (C=O) groups excluding carboxylic acids is 1. The Morgan fingerprint density at radius 2 is 2.28 bits per heavy atom. The molecule has 1 aliphatic rings. The lowest BCUT2D eigenvalue weighted by Crippen LogP contribution is -2.35. The molecule has 18 heavy (non-hydrogen) atoms. The number of nitrogens with one attached hydrogen (secondary N) is 1. The number of aryl methyl sites for hydroxylation is 1. The van der Waals surface area contributed by atoms with E-state index in [4.69, 9.17) is 5.11 Å². The standard InChI is InChI=1S/C12H17N3O3/c1-7-8(2)13-14-11(17)10(7)12(18)15-4-3-9(5-15)6-16/h9,16H,3-6H2,1-2H3,(H,14,17). The third-order valence-corrected chi connectivity index (χ3v) is 3.52. The van der Waals surface area contributed by atoms with Gasteiger partial charge in [-0.15, -0.1) is 0 Å². The first-order valence-electron chi connectivity index (χ1n) is 6.00. The Hall–Kier alpha value is -1.69. The summed E-state index contributed by atoms with van der Waals surface area (Å²) >= 11 is 0. The maximum atomic E-state index is 12.3. The topological polar surface area (TPSA) is 86.3 Å². The van der Waals surface area contributed by atoms with Crippen molar-refractivity contribution in [2.75, 3.05) is 19.7 Å². The van der Waals surface area contributed by atoms with E-state index in [1.807, 2.05) is 0 Å². The van der Waals surface area contributed by atoms with E-state index in [0.717, 1.165) is 6.42 Å². The Morgan fingerprint density at radius 3 is 2.89 bits per heavy atom. The molecule has 2 heterocycles. The molecule has 0 saturated carbocycles. The summed E-state index contributed by atoms with van der Waals surface area (Å²) in [6, 6.07) is 0. The van der Waals surface area contributed by atoms with E-state index in [1.54, 1.807) is 18.7 Å². The number of hydrogen-bond donors (Lipinski definition) is 2. The molecule has 98 valence electrons. The first-order chi connectivity index (χ1) is 8.54. The summed E-state index contributed by atoms with van der Waals surface area (Å²) in [5.41, 5.74) is 0.990. The number of aliphatic hydroxyl groups excluding tert-OH is 1. The van der Waals surface area contributed by atoms with Crippen molar-refractivity contribution >= 4 is 5.91 Å². The Balaban J connectivity index is 2.30. The molecule has 0 spiro atoms. The predicted octanol–water partition coefficient (Wildman–Crippen LogP) is -0.159. The van der Waals surface area contributed by atoms with Gasteiger partial charge in [-0.2, -0.15) is 5.10 Å². The van der Waals surface area contributed by atoms with Crippen LogP contribution in [0.1, 0.15) is 28.0 Å². The van der Waals surface area contributed by atoms with E-state index in [0.29, 0.717) is 24.3 Å². The van der Waals surface area contributed by atoms with Gasteiger partial charge in [-0.25, -0.2) is 5.10 Å². The number of carbonyl (C=O) groups is 1. The van der Waals surface area contributed by atoms with E-state index in [9.17, 15) is 9.59 Å². The number of H-pyrrole nitrogens is 1. The second-order valence-corrected chi connectivity index (χ2v) is 4.73. The molecule has 0 bridgehead atoms. The van der Waals surface area contributed by atoms with Crippen LogP contribution in [0, 0.1) is 19.8 Å². The number of rotatable bonds is 2. The number of nitrogens with zero attached hydrogens (tertiary/aromatic N) is 2. The minimum atomic E-state index is -0.449. The fourth-order valence-corrected chi connectivity index (χ4v) is 2.21. The molecule has 1 amide bonds. The fourth-order valence-electron chi connectivity index (χ4n) is 2.21. The van der Waals surface area contributed by atoms with E-state index in [2.05, 4.69) is 10.2 Å².